The van der Waals surface area contributed by atoms with E-state index in [9.17, 15) is 9.59 Å². The van der Waals surface area contributed by atoms with Crippen LogP contribution in [0.2, 0.25) is 0 Å². The summed E-state index contributed by atoms with van der Waals surface area (Å²) in [5.41, 5.74) is -0.839. The molecule has 0 bridgehead atoms. The van der Waals surface area contributed by atoms with Gasteiger partial charge >= 0.3 is 5.69 Å². The molecule has 1 aliphatic rings. The molecule has 68 valence electrons. The Bertz CT molecular complexity index is 435. The summed E-state index contributed by atoms with van der Waals surface area (Å²) in [4.78, 5) is 24.1. The van der Waals surface area contributed by atoms with Gasteiger partial charge < -0.3 is 4.74 Å². The van der Waals surface area contributed by atoms with E-state index >= 15 is 0 Å². The van der Waals surface area contributed by atoms with Crippen LogP contribution in [0.25, 0.3) is 0 Å². The predicted molar refractivity (Wildman–Crippen MR) is 45.2 cm³/mol. The van der Waals surface area contributed by atoms with E-state index in [1.165, 1.54) is 16.8 Å². The Morgan fingerprint density at radius 3 is 3.00 bits per heavy atom. The van der Waals surface area contributed by atoms with Gasteiger partial charge in [0.2, 0.25) is 0 Å². The molecule has 1 atom stereocenters. The van der Waals surface area contributed by atoms with Gasteiger partial charge in [0, 0.05) is 18.7 Å². The van der Waals surface area contributed by atoms with Gasteiger partial charge in [-0.1, -0.05) is 0 Å². The van der Waals surface area contributed by atoms with Gasteiger partial charge in [0.15, 0.2) is 6.23 Å². The second kappa shape index (κ2) is 2.93. The Morgan fingerprint density at radius 1 is 1.54 bits per heavy atom. The maximum absolute atomic E-state index is 11.2. The topological polar surface area (TPSA) is 64.1 Å². The molecule has 0 spiro atoms. The average Bonchev–Trinajstić information content (AvgIpc) is 2.56. The van der Waals surface area contributed by atoms with Crippen molar-refractivity contribution in [2.24, 2.45) is 0 Å². The number of H-pyrrole nitrogens is 1. The van der Waals surface area contributed by atoms with Crippen molar-refractivity contribution in [3.63, 3.8) is 0 Å². The maximum atomic E-state index is 11.2. The van der Waals surface area contributed by atoms with Crippen LogP contribution < -0.4 is 11.2 Å². The lowest BCUT2D eigenvalue weighted by molar-refractivity contribution is 0.0997. The molecule has 1 aromatic heterocycles. The second-order valence-corrected chi connectivity index (χ2v) is 2.72. The van der Waals surface area contributed by atoms with Crippen molar-refractivity contribution < 1.29 is 4.74 Å². The van der Waals surface area contributed by atoms with Gasteiger partial charge in [0.05, 0.1) is 6.26 Å². The molecule has 2 rings (SSSR count). The Labute approximate surface area is 73.3 Å². The van der Waals surface area contributed by atoms with E-state index in [1.54, 1.807) is 6.26 Å². The summed E-state index contributed by atoms with van der Waals surface area (Å²) in [5, 5.41) is 0. The number of rotatable bonds is 1. The average molecular weight is 180 g/mol. The van der Waals surface area contributed by atoms with E-state index in [1.807, 2.05) is 6.08 Å². The van der Waals surface area contributed by atoms with E-state index in [2.05, 4.69) is 4.98 Å². The van der Waals surface area contributed by atoms with E-state index in [0.717, 1.165) is 0 Å². The molecule has 1 aliphatic heterocycles. The zero-order chi connectivity index (χ0) is 9.26. The number of aromatic nitrogens is 2. The molecule has 1 unspecified atom stereocenters. The van der Waals surface area contributed by atoms with Gasteiger partial charge in [-0.2, -0.15) is 0 Å². The number of hydrogen-bond acceptors (Lipinski definition) is 3. The molecular weight excluding hydrogens is 172 g/mol. The summed E-state index contributed by atoms with van der Waals surface area (Å²) in [6.07, 6.45) is 5.12. The third kappa shape index (κ3) is 1.40. The first-order valence-corrected chi connectivity index (χ1v) is 3.89. The molecule has 1 aromatic rings. The first-order valence-electron chi connectivity index (χ1n) is 3.89. The molecule has 0 amide bonds. The molecule has 0 radical (unpaired) electrons. The smallest absolute Gasteiger partial charge is 0.331 e. The van der Waals surface area contributed by atoms with Gasteiger partial charge in [0.1, 0.15) is 0 Å². The molecule has 0 aliphatic carbocycles. The van der Waals surface area contributed by atoms with Crippen molar-refractivity contribution in [3.8, 4) is 0 Å². The Balaban J connectivity index is 2.41. The summed E-state index contributed by atoms with van der Waals surface area (Å²) >= 11 is 0. The van der Waals surface area contributed by atoms with Crippen molar-refractivity contribution in [2.75, 3.05) is 0 Å². The number of nitrogens with zero attached hydrogens (tertiary/aromatic N) is 1. The SMILES string of the molecule is O=c1ccn(C2CC=CO2)c(=O)[nH]1. The largest absolute Gasteiger partial charge is 0.478 e. The van der Waals surface area contributed by atoms with Crippen LogP contribution in [0, 0.1) is 0 Å². The molecule has 1 N–H and O–H groups in total. The van der Waals surface area contributed by atoms with Crippen molar-refractivity contribution in [2.45, 2.75) is 12.6 Å². The van der Waals surface area contributed by atoms with Gasteiger partial charge in [-0.15, -0.1) is 0 Å². The maximum Gasteiger partial charge on any atom is 0.331 e. The van der Waals surface area contributed by atoms with Crippen molar-refractivity contribution in [1.29, 1.82) is 0 Å². The Kier molecular flexibility index (Phi) is 1.77. The van der Waals surface area contributed by atoms with Crippen molar-refractivity contribution in [3.05, 3.63) is 45.4 Å². The first kappa shape index (κ1) is 7.85. The molecule has 5 heteroatoms. The highest BCUT2D eigenvalue weighted by atomic mass is 16.5. The molecule has 0 saturated heterocycles. The third-order valence-electron chi connectivity index (χ3n) is 1.83. The van der Waals surface area contributed by atoms with E-state index in [4.69, 9.17) is 4.74 Å². The molecule has 13 heavy (non-hydrogen) atoms. The Hall–Kier alpha value is -1.78. The minimum absolute atomic E-state index is 0.315. The zero-order valence-corrected chi connectivity index (χ0v) is 6.77. The zero-order valence-electron chi connectivity index (χ0n) is 6.77. The second-order valence-electron chi connectivity index (χ2n) is 2.72. The molecule has 5 nitrogen and oxygen atoms in total. The lowest BCUT2D eigenvalue weighted by Crippen LogP contribution is -2.31. The molecule has 2 heterocycles. The summed E-state index contributed by atoms with van der Waals surface area (Å²) in [5.74, 6) is 0. The summed E-state index contributed by atoms with van der Waals surface area (Å²) < 4.78 is 6.47. The fourth-order valence-corrected chi connectivity index (χ4v) is 1.21. The van der Waals surface area contributed by atoms with Gasteiger partial charge in [-0.05, 0) is 6.08 Å². The molecule has 0 aromatic carbocycles. The van der Waals surface area contributed by atoms with Crippen molar-refractivity contribution in [1.82, 2.24) is 9.55 Å². The van der Waals surface area contributed by atoms with Gasteiger partial charge in [-0.3, -0.25) is 14.3 Å². The minimum atomic E-state index is -0.443. The fourth-order valence-electron chi connectivity index (χ4n) is 1.21. The van der Waals surface area contributed by atoms with Crippen LogP contribution in [-0.2, 0) is 4.74 Å². The quantitative estimate of drug-likeness (QED) is 0.660. The monoisotopic (exact) mass is 180 g/mol. The summed E-state index contributed by atoms with van der Waals surface area (Å²) in [6.45, 7) is 0. The highest BCUT2D eigenvalue weighted by Gasteiger charge is 2.14. The van der Waals surface area contributed by atoms with Crippen molar-refractivity contribution >= 4 is 0 Å². The van der Waals surface area contributed by atoms with Crippen LogP contribution in [0.3, 0.4) is 0 Å². The fraction of sp³-hybridized carbons (Fsp3) is 0.250. The highest BCUT2D eigenvalue weighted by Crippen LogP contribution is 2.17. The number of ether oxygens (including phenoxy) is 1. The highest BCUT2D eigenvalue weighted by molar-refractivity contribution is 4.90. The number of aromatic amines is 1. The lowest BCUT2D eigenvalue weighted by atomic mass is 10.4. The Morgan fingerprint density at radius 2 is 2.38 bits per heavy atom. The van der Waals surface area contributed by atoms with Crippen LogP contribution >= 0.6 is 0 Å². The first-order chi connectivity index (χ1) is 6.27. The van der Waals surface area contributed by atoms with E-state index in [0.29, 0.717) is 6.42 Å². The number of nitrogens with one attached hydrogen (secondary N) is 1. The molecule has 0 fully saturated rings. The number of hydrogen-bond donors (Lipinski definition) is 1. The predicted octanol–water partition coefficient (Wildman–Crippen LogP) is -0.0308. The normalized spacial score (nSPS) is 20.2. The van der Waals surface area contributed by atoms with E-state index < -0.39 is 11.2 Å². The minimum Gasteiger partial charge on any atom is -0.478 e. The van der Waals surface area contributed by atoms with Gasteiger partial charge in [-0.25, -0.2) is 4.79 Å². The van der Waals surface area contributed by atoms with Crippen LogP contribution in [0.4, 0.5) is 0 Å². The summed E-state index contributed by atoms with van der Waals surface area (Å²) in [7, 11) is 0. The van der Waals surface area contributed by atoms with Crippen LogP contribution in [0.15, 0.2) is 34.2 Å². The van der Waals surface area contributed by atoms with Crippen LogP contribution in [0.5, 0.6) is 0 Å². The standard InChI is InChI=1S/C8H8N2O3/c11-6-3-4-10(8(12)9-6)7-2-1-5-13-7/h1,3-5,7H,2H2,(H,9,11,12). The van der Waals surface area contributed by atoms with Gasteiger partial charge in [0.25, 0.3) is 5.56 Å². The summed E-state index contributed by atoms with van der Waals surface area (Å²) in [6, 6.07) is 1.29. The molecular formula is C8H8N2O3. The van der Waals surface area contributed by atoms with Crippen LogP contribution in [0.1, 0.15) is 12.6 Å². The van der Waals surface area contributed by atoms with E-state index in [-0.39, 0.29) is 6.23 Å². The lowest BCUT2D eigenvalue weighted by Gasteiger charge is -2.11. The molecule has 0 saturated carbocycles. The third-order valence-corrected chi connectivity index (χ3v) is 1.83. The van der Waals surface area contributed by atoms with Crippen LogP contribution in [-0.4, -0.2) is 9.55 Å².